The number of hydrogen-bond donors (Lipinski definition) is 0. The van der Waals surface area contributed by atoms with Crippen LogP contribution in [-0.4, -0.2) is 31.0 Å². The average Bonchev–Trinajstić information content (AvgIpc) is 2.90. The molecule has 0 saturated heterocycles. The molecule has 0 bridgehead atoms. The van der Waals surface area contributed by atoms with E-state index in [0.717, 1.165) is 4.90 Å². The molecule has 1 aliphatic rings. The maximum Gasteiger partial charge on any atom is 0.277 e. The van der Waals surface area contributed by atoms with E-state index in [1.807, 2.05) is 0 Å². The molecule has 0 aliphatic carbocycles. The summed E-state index contributed by atoms with van der Waals surface area (Å²) < 4.78 is 10.3. The molecule has 1 heterocycles. The number of halogens is 1. The van der Waals surface area contributed by atoms with Gasteiger partial charge in [0.15, 0.2) is 0 Å². The van der Waals surface area contributed by atoms with Crippen molar-refractivity contribution in [1.29, 1.82) is 0 Å². The van der Waals surface area contributed by atoms with Crippen LogP contribution in [0.25, 0.3) is 5.57 Å². The fourth-order valence-corrected chi connectivity index (χ4v) is 2.93. The van der Waals surface area contributed by atoms with Crippen LogP contribution in [0.2, 0.25) is 0 Å². The number of nitro benzene ring substituents is 1. The summed E-state index contributed by atoms with van der Waals surface area (Å²) in [5.41, 5.74) is 0.373. The molecular weight excluding hydrogens is 376 g/mol. The van der Waals surface area contributed by atoms with Crippen molar-refractivity contribution < 1.29 is 24.0 Å². The summed E-state index contributed by atoms with van der Waals surface area (Å²) in [6.07, 6.45) is 0. The predicted octanol–water partition coefficient (Wildman–Crippen LogP) is 3.14. The quantitative estimate of drug-likeness (QED) is 0.443. The lowest BCUT2D eigenvalue weighted by Crippen LogP contribution is -2.31. The molecular formula is C18H13ClN2O6. The topological polar surface area (TPSA) is 99.0 Å². The molecule has 0 atom stereocenters. The van der Waals surface area contributed by atoms with Crippen LogP contribution in [0.4, 0.5) is 11.4 Å². The van der Waals surface area contributed by atoms with Gasteiger partial charge in [-0.15, -0.1) is 0 Å². The molecule has 2 aromatic rings. The number of carbonyl (C=O) groups excluding carboxylic acids is 2. The van der Waals surface area contributed by atoms with Crippen LogP contribution < -0.4 is 14.4 Å². The molecule has 8 nitrogen and oxygen atoms in total. The van der Waals surface area contributed by atoms with Gasteiger partial charge < -0.3 is 9.47 Å². The van der Waals surface area contributed by atoms with E-state index in [4.69, 9.17) is 21.1 Å². The number of benzene rings is 2. The van der Waals surface area contributed by atoms with Gasteiger partial charge >= 0.3 is 0 Å². The second-order valence-electron chi connectivity index (χ2n) is 5.51. The van der Waals surface area contributed by atoms with Gasteiger partial charge in [0.1, 0.15) is 16.5 Å². The van der Waals surface area contributed by atoms with Crippen LogP contribution in [0, 0.1) is 10.1 Å². The first-order chi connectivity index (χ1) is 12.9. The number of imide groups is 1. The van der Waals surface area contributed by atoms with Gasteiger partial charge in [-0.05, 0) is 17.7 Å². The van der Waals surface area contributed by atoms with Gasteiger partial charge in [0.2, 0.25) is 0 Å². The van der Waals surface area contributed by atoms with E-state index in [9.17, 15) is 19.7 Å². The summed E-state index contributed by atoms with van der Waals surface area (Å²) in [4.78, 5) is 36.6. The summed E-state index contributed by atoms with van der Waals surface area (Å²) in [5.74, 6) is -0.561. The Morgan fingerprint density at radius 1 is 0.963 bits per heavy atom. The van der Waals surface area contributed by atoms with Crippen LogP contribution in [-0.2, 0) is 9.59 Å². The second-order valence-corrected chi connectivity index (χ2v) is 5.89. The summed E-state index contributed by atoms with van der Waals surface area (Å²) in [7, 11) is 2.89. The molecule has 0 fully saturated rings. The fourth-order valence-electron chi connectivity index (χ4n) is 2.66. The molecule has 2 amide bonds. The normalized spacial score (nSPS) is 14.0. The monoisotopic (exact) mass is 388 g/mol. The lowest BCUT2D eigenvalue weighted by molar-refractivity contribution is -0.384. The van der Waals surface area contributed by atoms with Gasteiger partial charge in [-0.2, -0.15) is 0 Å². The lowest BCUT2D eigenvalue weighted by Gasteiger charge is -2.17. The molecule has 27 heavy (non-hydrogen) atoms. The average molecular weight is 389 g/mol. The third-order valence-electron chi connectivity index (χ3n) is 3.99. The first-order valence-electron chi connectivity index (χ1n) is 7.63. The molecule has 3 rings (SSSR count). The summed E-state index contributed by atoms with van der Waals surface area (Å²) in [6, 6.07) is 9.82. The van der Waals surface area contributed by atoms with Crippen LogP contribution in [0.1, 0.15) is 5.56 Å². The Morgan fingerprint density at radius 2 is 1.52 bits per heavy atom. The van der Waals surface area contributed by atoms with Gasteiger partial charge in [0.25, 0.3) is 17.5 Å². The first-order valence-corrected chi connectivity index (χ1v) is 8.01. The highest BCUT2D eigenvalue weighted by atomic mass is 35.5. The predicted molar refractivity (Wildman–Crippen MR) is 97.9 cm³/mol. The van der Waals surface area contributed by atoms with E-state index >= 15 is 0 Å². The van der Waals surface area contributed by atoms with Crippen LogP contribution in [0.15, 0.2) is 47.5 Å². The third-order valence-corrected chi connectivity index (χ3v) is 4.34. The van der Waals surface area contributed by atoms with Crippen molar-refractivity contribution in [2.75, 3.05) is 19.1 Å². The van der Waals surface area contributed by atoms with Gasteiger partial charge in [-0.1, -0.05) is 11.6 Å². The van der Waals surface area contributed by atoms with E-state index in [-0.39, 0.29) is 22.0 Å². The number of nitro groups is 1. The van der Waals surface area contributed by atoms with Crippen molar-refractivity contribution in [3.63, 3.8) is 0 Å². The van der Waals surface area contributed by atoms with Crippen molar-refractivity contribution in [1.82, 2.24) is 0 Å². The standard InChI is InChI=1S/C18H13ClN2O6/c1-26-13-7-12(8-14(9-13)27-2)20-17(22)15(16(19)18(20)23)10-3-5-11(6-4-10)21(24)25/h3-9H,1-2H3. The van der Waals surface area contributed by atoms with Crippen LogP contribution in [0.3, 0.4) is 0 Å². The third kappa shape index (κ3) is 3.22. The molecule has 138 valence electrons. The highest BCUT2D eigenvalue weighted by molar-refractivity contribution is 6.60. The number of carbonyl (C=O) groups is 2. The maximum absolute atomic E-state index is 12.9. The SMILES string of the molecule is COc1cc(OC)cc(N2C(=O)C(Cl)=C(c3ccc([N+](=O)[O-])cc3)C2=O)c1. The van der Waals surface area contributed by atoms with Crippen LogP contribution in [0.5, 0.6) is 11.5 Å². The van der Waals surface area contributed by atoms with E-state index in [2.05, 4.69) is 0 Å². The minimum atomic E-state index is -0.703. The molecule has 0 N–H and O–H groups in total. The number of amides is 2. The second kappa shape index (κ2) is 7.08. The zero-order valence-corrected chi connectivity index (χ0v) is 15.0. The van der Waals surface area contributed by atoms with Crippen molar-refractivity contribution in [3.05, 3.63) is 63.2 Å². The number of anilines is 1. The lowest BCUT2D eigenvalue weighted by atomic mass is 10.1. The molecule has 0 saturated carbocycles. The molecule has 0 unspecified atom stereocenters. The zero-order valence-electron chi connectivity index (χ0n) is 14.3. The maximum atomic E-state index is 12.9. The molecule has 0 aromatic heterocycles. The molecule has 2 aromatic carbocycles. The van der Waals surface area contributed by atoms with Crippen molar-refractivity contribution in [3.8, 4) is 11.5 Å². The number of ether oxygens (including phenoxy) is 2. The van der Waals surface area contributed by atoms with Gasteiger partial charge in [-0.3, -0.25) is 19.7 Å². The Labute approximate surface area is 158 Å². The van der Waals surface area contributed by atoms with Crippen LogP contribution >= 0.6 is 11.6 Å². The Bertz CT molecular complexity index is 962. The van der Waals surface area contributed by atoms with E-state index in [1.54, 1.807) is 6.07 Å². The van der Waals surface area contributed by atoms with Crippen molar-refractivity contribution in [2.24, 2.45) is 0 Å². The highest BCUT2D eigenvalue weighted by Gasteiger charge is 2.39. The number of methoxy groups -OCH3 is 2. The summed E-state index contributed by atoms with van der Waals surface area (Å²) >= 11 is 6.12. The Hall–Kier alpha value is -3.39. The van der Waals surface area contributed by atoms with E-state index in [0.29, 0.717) is 17.1 Å². The number of non-ortho nitro benzene ring substituents is 1. The largest absolute Gasteiger partial charge is 0.497 e. The zero-order chi connectivity index (χ0) is 19.7. The Balaban J connectivity index is 2.03. The van der Waals surface area contributed by atoms with Crippen molar-refractivity contribution in [2.45, 2.75) is 0 Å². The molecule has 1 aliphatic heterocycles. The fraction of sp³-hybridized carbons (Fsp3) is 0.111. The minimum absolute atomic E-state index is 0.0293. The van der Waals surface area contributed by atoms with Gasteiger partial charge in [0, 0.05) is 30.3 Å². The van der Waals surface area contributed by atoms with E-state index < -0.39 is 16.7 Å². The number of rotatable bonds is 5. The van der Waals surface area contributed by atoms with Gasteiger partial charge in [0.05, 0.1) is 30.4 Å². The summed E-state index contributed by atoms with van der Waals surface area (Å²) in [5, 5.41) is 10.5. The summed E-state index contributed by atoms with van der Waals surface area (Å²) in [6.45, 7) is 0. The van der Waals surface area contributed by atoms with Gasteiger partial charge in [-0.25, -0.2) is 4.90 Å². The van der Waals surface area contributed by atoms with E-state index in [1.165, 1.54) is 50.6 Å². The Morgan fingerprint density at radius 3 is 2.00 bits per heavy atom. The highest BCUT2D eigenvalue weighted by Crippen LogP contribution is 2.38. The molecule has 0 spiro atoms. The number of hydrogen-bond acceptors (Lipinski definition) is 6. The Kier molecular flexibility index (Phi) is 4.83. The molecule has 9 heteroatoms. The van der Waals surface area contributed by atoms with Crippen molar-refractivity contribution >= 4 is 40.4 Å². The first kappa shape index (κ1) is 18.4. The number of nitrogens with zero attached hydrogens (tertiary/aromatic N) is 2. The molecule has 0 radical (unpaired) electrons. The minimum Gasteiger partial charge on any atom is -0.497 e. The smallest absolute Gasteiger partial charge is 0.277 e.